The minimum absolute atomic E-state index is 0. The van der Waals surface area contributed by atoms with Gasteiger partial charge in [-0.25, -0.2) is 0 Å². The third-order valence-corrected chi connectivity index (χ3v) is 1.15. The molecule has 0 saturated heterocycles. The van der Waals surface area contributed by atoms with Crippen LogP contribution in [0.15, 0.2) is 0 Å². The molecule has 0 aliphatic rings. The first kappa shape index (κ1) is 14.8. The first-order valence-electron chi connectivity index (χ1n) is 2.86. The van der Waals surface area contributed by atoms with Crippen LogP contribution in [0.1, 0.15) is 0 Å². The van der Waals surface area contributed by atoms with E-state index in [1.165, 1.54) is 0 Å². The van der Waals surface area contributed by atoms with Crippen molar-refractivity contribution < 1.29 is 59.9 Å². The van der Waals surface area contributed by atoms with Crippen LogP contribution in [0.5, 0.6) is 0 Å². The second kappa shape index (κ2) is 6.79. The number of rotatable bonds is 4. The van der Waals surface area contributed by atoms with Crippen LogP contribution in [0, 0.1) is 0 Å². The van der Waals surface area contributed by atoms with Crippen molar-refractivity contribution in [1.82, 2.24) is 0 Å². The van der Waals surface area contributed by atoms with Crippen molar-refractivity contribution in [1.29, 1.82) is 0 Å². The molecule has 0 fully saturated rings. The molecule has 0 rings (SSSR count). The smallest absolute Gasteiger partial charge is 0.547 e. The summed E-state index contributed by atoms with van der Waals surface area (Å²) in [5.74, 6) is -1.90. The molecule has 0 amide bonds. The molecule has 0 aromatic carbocycles. The quantitative estimate of drug-likeness (QED) is 0.325. The average molecular weight is 188 g/mol. The number of aliphatic hydroxyl groups excluding tert-OH is 4. The monoisotopic (exact) mass is 188 g/mol. The van der Waals surface area contributed by atoms with Gasteiger partial charge in [0.25, 0.3) is 0 Å². The van der Waals surface area contributed by atoms with Gasteiger partial charge in [-0.2, -0.15) is 0 Å². The zero-order valence-corrected chi connectivity index (χ0v) is 8.54. The van der Waals surface area contributed by atoms with Gasteiger partial charge in [-0.1, -0.05) is 0 Å². The minimum atomic E-state index is -2.18. The van der Waals surface area contributed by atoms with Crippen molar-refractivity contribution >= 4 is 5.97 Å². The average Bonchev–Trinajstić information content (AvgIpc) is 2.00. The van der Waals surface area contributed by atoms with E-state index in [9.17, 15) is 9.90 Å². The SMILES string of the molecule is O=C([O-])[C@@H](O)[C@H](O)[C@H](O)CO.[Na+]. The number of carbonyl (C=O) groups is 1. The van der Waals surface area contributed by atoms with Gasteiger partial charge >= 0.3 is 29.6 Å². The number of aliphatic hydroxyl groups is 4. The molecule has 7 heteroatoms. The Morgan fingerprint density at radius 3 is 2.00 bits per heavy atom. The Hall–Kier alpha value is 0.310. The van der Waals surface area contributed by atoms with Gasteiger partial charge in [-0.3, -0.25) is 0 Å². The van der Waals surface area contributed by atoms with Crippen molar-refractivity contribution in [2.24, 2.45) is 0 Å². The van der Waals surface area contributed by atoms with E-state index in [4.69, 9.17) is 20.4 Å². The van der Waals surface area contributed by atoms with Crippen molar-refractivity contribution in [3.63, 3.8) is 0 Å². The number of hydrogen-bond donors (Lipinski definition) is 4. The zero-order chi connectivity index (χ0) is 9.02. The molecular formula is C5H9NaO6. The fraction of sp³-hybridized carbons (Fsp3) is 0.800. The van der Waals surface area contributed by atoms with E-state index < -0.39 is 30.9 Å². The number of carboxylic acid groups (broad SMARTS) is 1. The predicted molar refractivity (Wildman–Crippen MR) is 30.1 cm³/mol. The molecule has 0 heterocycles. The second-order valence-electron chi connectivity index (χ2n) is 2.00. The van der Waals surface area contributed by atoms with Crippen LogP contribution in [-0.2, 0) is 4.79 Å². The van der Waals surface area contributed by atoms with Crippen molar-refractivity contribution in [2.45, 2.75) is 18.3 Å². The molecule has 0 aliphatic heterocycles. The second-order valence-corrected chi connectivity index (χ2v) is 2.00. The van der Waals surface area contributed by atoms with Crippen LogP contribution in [0.4, 0.5) is 0 Å². The Balaban J connectivity index is 0. The molecule has 0 aliphatic carbocycles. The van der Waals surface area contributed by atoms with E-state index in [1.807, 2.05) is 0 Å². The van der Waals surface area contributed by atoms with Gasteiger partial charge in [0.05, 0.1) is 12.6 Å². The van der Waals surface area contributed by atoms with Gasteiger partial charge in [-0.05, 0) is 0 Å². The summed E-state index contributed by atoms with van der Waals surface area (Å²) in [6.45, 7) is -0.828. The summed E-state index contributed by atoms with van der Waals surface area (Å²) < 4.78 is 0. The molecule has 0 bridgehead atoms. The summed E-state index contributed by atoms with van der Waals surface area (Å²) in [6.07, 6.45) is -5.79. The van der Waals surface area contributed by atoms with Gasteiger partial charge in [-0.15, -0.1) is 0 Å². The van der Waals surface area contributed by atoms with Crippen molar-refractivity contribution in [3.05, 3.63) is 0 Å². The normalized spacial score (nSPS) is 17.3. The maximum Gasteiger partial charge on any atom is 1.00 e. The maximum absolute atomic E-state index is 9.85. The van der Waals surface area contributed by atoms with E-state index >= 15 is 0 Å². The van der Waals surface area contributed by atoms with E-state index in [1.54, 1.807) is 0 Å². The molecule has 3 atom stereocenters. The Kier molecular flexibility index (Phi) is 8.38. The molecule has 12 heavy (non-hydrogen) atoms. The van der Waals surface area contributed by atoms with E-state index in [2.05, 4.69) is 0 Å². The standard InChI is InChI=1S/C5H10O6.Na/c6-1-2(7)3(8)4(9)5(10)11;/h2-4,6-9H,1H2,(H,10,11);/q;+1/p-1/t2-,3-,4+;/m1./s1. The van der Waals surface area contributed by atoms with Crippen LogP contribution in [0.3, 0.4) is 0 Å². The van der Waals surface area contributed by atoms with E-state index in [-0.39, 0.29) is 29.6 Å². The van der Waals surface area contributed by atoms with Crippen LogP contribution >= 0.6 is 0 Å². The van der Waals surface area contributed by atoms with Crippen LogP contribution in [0.25, 0.3) is 0 Å². The van der Waals surface area contributed by atoms with E-state index in [0.717, 1.165) is 0 Å². The predicted octanol–water partition coefficient (Wildman–Crippen LogP) is -7.18. The van der Waals surface area contributed by atoms with Gasteiger partial charge in [0, 0.05) is 0 Å². The molecule has 6 nitrogen and oxygen atoms in total. The fourth-order valence-corrected chi connectivity index (χ4v) is 0.458. The largest absolute Gasteiger partial charge is 1.00 e. The zero-order valence-electron chi connectivity index (χ0n) is 6.54. The molecular weight excluding hydrogens is 179 g/mol. The Labute approximate surface area is 90.7 Å². The van der Waals surface area contributed by atoms with Gasteiger partial charge in [0.2, 0.25) is 0 Å². The topological polar surface area (TPSA) is 121 Å². The fourth-order valence-electron chi connectivity index (χ4n) is 0.458. The van der Waals surface area contributed by atoms with Gasteiger partial charge < -0.3 is 30.3 Å². The van der Waals surface area contributed by atoms with Crippen LogP contribution in [-0.4, -0.2) is 51.3 Å². The Bertz CT molecular complexity index is 140. The molecule has 0 spiro atoms. The molecule has 0 aromatic rings. The van der Waals surface area contributed by atoms with Crippen molar-refractivity contribution in [2.75, 3.05) is 6.61 Å². The number of carbonyl (C=O) groups excluding carboxylic acids is 1. The molecule has 4 N–H and O–H groups in total. The summed E-state index contributed by atoms with van der Waals surface area (Å²) in [5, 5.41) is 43.8. The Morgan fingerprint density at radius 2 is 1.75 bits per heavy atom. The first-order chi connectivity index (χ1) is 5.00. The van der Waals surface area contributed by atoms with Crippen LogP contribution < -0.4 is 34.7 Å². The summed E-state index contributed by atoms with van der Waals surface area (Å²) in [5.41, 5.74) is 0. The maximum atomic E-state index is 9.85. The summed E-state index contributed by atoms with van der Waals surface area (Å²) in [7, 11) is 0. The van der Waals surface area contributed by atoms with Crippen molar-refractivity contribution in [3.8, 4) is 0 Å². The third-order valence-electron chi connectivity index (χ3n) is 1.15. The molecule has 0 aromatic heterocycles. The minimum Gasteiger partial charge on any atom is -0.547 e. The van der Waals surface area contributed by atoms with Gasteiger partial charge in [0.1, 0.15) is 18.3 Å². The Morgan fingerprint density at radius 1 is 1.33 bits per heavy atom. The molecule has 0 radical (unpaired) electrons. The third kappa shape index (κ3) is 4.36. The molecule has 0 saturated carbocycles. The number of hydrogen-bond acceptors (Lipinski definition) is 6. The number of carboxylic acids is 1. The van der Waals surface area contributed by atoms with E-state index in [0.29, 0.717) is 0 Å². The molecule has 66 valence electrons. The van der Waals surface area contributed by atoms with Gasteiger partial charge in [0.15, 0.2) is 0 Å². The molecule has 0 unspecified atom stereocenters. The summed E-state index contributed by atoms with van der Waals surface area (Å²) in [6, 6.07) is 0. The van der Waals surface area contributed by atoms with Crippen LogP contribution in [0.2, 0.25) is 0 Å². The summed E-state index contributed by atoms with van der Waals surface area (Å²) >= 11 is 0. The summed E-state index contributed by atoms with van der Waals surface area (Å²) in [4.78, 5) is 9.85. The first-order valence-corrected chi connectivity index (χ1v) is 2.86. The number of aliphatic carboxylic acids is 1.